The van der Waals surface area contributed by atoms with Crippen LogP contribution in [-0.4, -0.2) is 50.0 Å². The number of likely N-dealkylation sites (tertiary alicyclic amines) is 1. The summed E-state index contributed by atoms with van der Waals surface area (Å²) in [6.07, 6.45) is 4.29. The van der Waals surface area contributed by atoms with Crippen LogP contribution in [0.1, 0.15) is 23.2 Å². The van der Waals surface area contributed by atoms with E-state index in [0.717, 1.165) is 5.69 Å². The third-order valence-electron chi connectivity index (χ3n) is 3.91. The standard InChI is InChI=1S/C15H16N4O3/c20-14(18-7-4-11(5-8-18)15(21)22)12-2-1-3-13(10-12)19-9-6-16-17-19/h1-3,6,9-11H,4-5,7-8H2,(H,21,22). The number of hydrogen-bond donors (Lipinski definition) is 1. The highest BCUT2D eigenvalue weighted by Gasteiger charge is 2.27. The van der Waals surface area contributed by atoms with Crippen molar-refractivity contribution in [2.45, 2.75) is 12.8 Å². The smallest absolute Gasteiger partial charge is 0.306 e. The van der Waals surface area contributed by atoms with Gasteiger partial charge in [0, 0.05) is 18.7 Å². The van der Waals surface area contributed by atoms with E-state index in [0.29, 0.717) is 31.5 Å². The van der Waals surface area contributed by atoms with Crippen molar-refractivity contribution in [3.8, 4) is 5.69 Å². The lowest BCUT2D eigenvalue weighted by Gasteiger charge is -2.30. The molecule has 1 aliphatic heterocycles. The highest BCUT2D eigenvalue weighted by molar-refractivity contribution is 5.95. The van der Waals surface area contributed by atoms with Gasteiger partial charge in [0.05, 0.1) is 24.0 Å². The van der Waals surface area contributed by atoms with Crippen LogP contribution in [0.25, 0.3) is 5.69 Å². The summed E-state index contributed by atoms with van der Waals surface area (Å²) in [6, 6.07) is 7.17. The first-order chi connectivity index (χ1) is 10.6. The molecule has 1 aromatic carbocycles. The van der Waals surface area contributed by atoms with Crippen LogP contribution in [0.5, 0.6) is 0 Å². The molecule has 7 nitrogen and oxygen atoms in total. The molecule has 1 N–H and O–H groups in total. The van der Waals surface area contributed by atoms with Crippen LogP contribution in [0.4, 0.5) is 0 Å². The molecule has 2 heterocycles. The van der Waals surface area contributed by atoms with Crippen LogP contribution >= 0.6 is 0 Å². The molecule has 2 aromatic rings. The number of carboxylic acid groups (broad SMARTS) is 1. The normalized spacial score (nSPS) is 15.7. The average molecular weight is 300 g/mol. The van der Waals surface area contributed by atoms with Crippen molar-refractivity contribution in [1.29, 1.82) is 0 Å². The molecule has 114 valence electrons. The fourth-order valence-electron chi connectivity index (χ4n) is 2.64. The lowest BCUT2D eigenvalue weighted by molar-refractivity contribution is -0.143. The van der Waals surface area contributed by atoms with Crippen molar-refractivity contribution < 1.29 is 14.7 Å². The van der Waals surface area contributed by atoms with Gasteiger partial charge in [0.2, 0.25) is 0 Å². The molecule has 1 aromatic heterocycles. The Morgan fingerprint density at radius 1 is 1.23 bits per heavy atom. The van der Waals surface area contributed by atoms with Gasteiger partial charge in [-0.25, -0.2) is 4.68 Å². The highest BCUT2D eigenvalue weighted by atomic mass is 16.4. The van der Waals surface area contributed by atoms with E-state index in [1.165, 1.54) is 0 Å². The quantitative estimate of drug-likeness (QED) is 0.920. The maximum absolute atomic E-state index is 12.5. The van der Waals surface area contributed by atoms with Gasteiger partial charge in [0.15, 0.2) is 0 Å². The molecular weight excluding hydrogens is 284 g/mol. The second-order valence-electron chi connectivity index (χ2n) is 5.30. The lowest BCUT2D eigenvalue weighted by atomic mass is 9.96. The van der Waals surface area contributed by atoms with Gasteiger partial charge >= 0.3 is 5.97 Å². The zero-order chi connectivity index (χ0) is 15.5. The number of carbonyl (C=O) groups excluding carboxylic acids is 1. The summed E-state index contributed by atoms with van der Waals surface area (Å²) in [5.41, 5.74) is 1.34. The molecule has 0 aliphatic carbocycles. The lowest BCUT2D eigenvalue weighted by Crippen LogP contribution is -2.40. The molecule has 0 saturated carbocycles. The fraction of sp³-hybridized carbons (Fsp3) is 0.333. The van der Waals surface area contributed by atoms with E-state index in [1.54, 1.807) is 40.2 Å². The zero-order valence-corrected chi connectivity index (χ0v) is 11.9. The monoisotopic (exact) mass is 300 g/mol. The average Bonchev–Trinajstić information content (AvgIpc) is 3.09. The van der Waals surface area contributed by atoms with E-state index in [1.807, 2.05) is 6.07 Å². The maximum atomic E-state index is 12.5. The van der Waals surface area contributed by atoms with Crippen LogP contribution < -0.4 is 0 Å². The number of nitrogens with zero attached hydrogens (tertiary/aromatic N) is 4. The minimum absolute atomic E-state index is 0.0780. The molecule has 1 amide bonds. The van der Waals surface area contributed by atoms with Crippen molar-refractivity contribution in [3.05, 3.63) is 42.2 Å². The molecule has 0 spiro atoms. The van der Waals surface area contributed by atoms with Gasteiger partial charge in [0.1, 0.15) is 0 Å². The number of piperidine rings is 1. The Hall–Kier alpha value is -2.70. The van der Waals surface area contributed by atoms with Crippen LogP contribution in [0.3, 0.4) is 0 Å². The molecule has 22 heavy (non-hydrogen) atoms. The summed E-state index contributed by atoms with van der Waals surface area (Å²) in [5.74, 6) is -1.20. The molecule has 0 bridgehead atoms. The Bertz CT molecular complexity index is 676. The van der Waals surface area contributed by atoms with Crippen LogP contribution in [0, 0.1) is 5.92 Å². The topological polar surface area (TPSA) is 88.3 Å². The van der Waals surface area contributed by atoms with Crippen molar-refractivity contribution in [3.63, 3.8) is 0 Å². The minimum Gasteiger partial charge on any atom is -0.481 e. The molecule has 1 fully saturated rings. The van der Waals surface area contributed by atoms with Gasteiger partial charge in [-0.1, -0.05) is 11.3 Å². The van der Waals surface area contributed by atoms with Crippen LogP contribution in [0.15, 0.2) is 36.7 Å². The van der Waals surface area contributed by atoms with E-state index >= 15 is 0 Å². The van der Waals surface area contributed by atoms with Gasteiger partial charge < -0.3 is 10.0 Å². The van der Waals surface area contributed by atoms with Gasteiger partial charge in [-0.15, -0.1) is 5.10 Å². The minimum atomic E-state index is -0.778. The van der Waals surface area contributed by atoms with Crippen molar-refractivity contribution in [1.82, 2.24) is 19.9 Å². The molecule has 1 saturated heterocycles. The third-order valence-corrected chi connectivity index (χ3v) is 3.91. The first-order valence-electron chi connectivity index (χ1n) is 7.14. The summed E-state index contributed by atoms with van der Waals surface area (Å²) in [6.45, 7) is 0.951. The highest BCUT2D eigenvalue weighted by Crippen LogP contribution is 2.20. The summed E-state index contributed by atoms with van der Waals surface area (Å²) in [7, 11) is 0. The molecule has 0 unspecified atom stereocenters. The number of aromatic nitrogens is 3. The number of hydrogen-bond acceptors (Lipinski definition) is 4. The summed E-state index contributed by atoms with van der Waals surface area (Å²) in [5, 5.41) is 16.7. The number of carboxylic acids is 1. The first kappa shape index (κ1) is 14.2. The molecular formula is C15H16N4O3. The SMILES string of the molecule is O=C(O)C1CCN(C(=O)c2cccc(-n3ccnn3)c2)CC1. The van der Waals surface area contributed by atoms with Gasteiger partial charge in [-0.05, 0) is 31.0 Å². The first-order valence-corrected chi connectivity index (χ1v) is 7.14. The third kappa shape index (κ3) is 2.83. The van der Waals surface area contributed by atoms with E-state index in [9.17, 15) is 9.59 Å². The summed E-state index contributed by atoms with van der Waals surface area (Å²) >= 11 is 0. The van der Waals surface area contributed by atoms with E-state index in [4.69, 9.17) is 5.11 Å². The molecule has 7 heteroatoms. The van der Waals surface area contributed by atoms with E-state index < -0.39 is 5.97 Å². The number of amides is 1. The zero-order valence-electron chi connectivity index (χ0n) is 11.9. The Balaban J connectivity index is 1.73. The predicted molar refractivity (Wildman–Crippen MR) is 77.6 cm³/mol. The second kappa shape index (κ2) is 5.97. The Morgan fingerprint density at radius 2 is 2.00 bits per heavy atom. The number of benzene rings is 1. The van der Waals surface area contributed by atoms with Crippen molar-refractivity contribution >= 4 is 11.9 Å². The van der Waals surface area contributed by atoms with Gasteiger partial charge in [-0.2, -0.15) is 0 Å². The van der Waals surface area contributed by atoms with E-state index in [-0.39, 0.29) is 11.8 Å². The molecule has 0 atom stereocenters. The fourth-order valence-corrected chi connectivity index (χ4v) is 2.64. The van der Waals surface area contributed by atoms with Crippen LogP contribution in [-0.2, 0) is 4.79 Å². The molecule has 0 radical (unpaired) electrons. The predicted octanol–water partition coefficient (Wildman–Crippen LogP) is 1.20. The maximum Gasteiger partial charge on any atom is 0.306 e. The largest absolute Gasteiger partial charge is 0.481 e. The number of rotatable bonds is 3. The van der Waals surface area contributed by atoms with Crippen molar-refractivity contribution in [2.75, 3.05) is 13.1 Å². The van der Waals surface area contributed by atoms with Crippen LogP contribution in [0.2, 0.25) is 0 Å². The van der Waals surface area contributed by atoms with Gasteiger partial charge in [0.25, 0.3) is 5.91 Å². The molecule has 1 aliphatic rings. The van der Waals surface area contributed by atoms with E-state index in [2.05, 4.69) is 10.3 Å². The summed E-state index contributed by atoms with van der Waals surface area (Å²) < 4.78 is 1.59. The Labute approximate surface area is 127 Å². The second-order valence-corrected chi connectivity index (χ2v) is 5.30. The number of aliphatic carboxylic acids is 1. The molecule has 3 rings (SSSR count). The Morgan fingerprint density at radius 3 is 2.64 bits per heavy atom. The Kier molecular flexibility index (Phi) is 3.86. The number of carbonyl (C=O) groups is 2. The van der Waals surface area contributed by atoms with Gasteiger partial charge in [-0.3, -0.25) is 9.59 Å². The van der Waals surface area contributed by atoms with Crippen molar-refractivity contribution in [2.24, 2.45) is 5.92 Å². The summed E-state index contributed by atoms with van der Waals surface area (Å²) in [4.78, 5) is 25.2.